The second-order valence-electron chi connectivity index (χ2n) is 5.39. The van der Waals surface area contributed by atoms with Gasteiger partial charge in [0.1, 0.15) is 18.1 Å². The maximum absolute atomic E-state index is 11.4. The molecule has 2 aromatic carbocycles. The van der Waals surface area contributed by atoms with Gasteiger partial charge in [-0.05, 0) is 49.7 Å². The van der Waals surface area contributed by atoms with Gasteiger partial charge < -0.3 is 14.5 Å². The van der Waals surface area contributed by atoms with Gasteiger partial charge in [0.05, 0.1) is 18.4 Å². The first kappa shape index (κ1) is 16.8. The fourth-order valence-corrected chi connectivity index (χ4v) is 2.40. The minimum Gasteiger partial charge on any atom is -0.496 e. The van der Waals surface area contributed by atoms with E-state index in [-0.39, 0.29) is 5.78 Å². The number of methoxy groups -OCH3 is 1. The molecule has 0 bridgehead atoms. The zero-order valence-electron chi connectivity index (χ0n) is 13.9. The third kappa shape index (κ3) is 3.81. The number of aryl methyl sites for hydroxylation is 1. The first-order valence-electron chi connectivity index (χ1n) is 7.32. The van der Waals surface area contributed by atoms with E-state index in [1.807, 2.05) is 37.3 Å². The van der Waals surface area contributed by atoms with Crippen molar-refractivity contribution in [2.45, 2.75) is 20.5 Å². The molecular weight excluding hydrogens is 292 g/mol. The van der Waals surface area contributed by atoms with Crippen LogP contribution in [0.1, 0.15) is 28.4 Å². The zero-order chi connectivity index (χ0) is 17.0. The van der Waals surface area contributed by atoms with Crippen LogP contribution in [0.25, 0.3) is 0 Å². The number of hydrogen-bond acceptors (Lipinski definition) is 5. The molecule has 0 aliphatic heterocycles. The van der Waals surface area contributed by atoms with Crippen molar-refractivity contribution in [3.8, 4) is 11.5 Å². The molecule has 23 heavy (non-hydrogen) atoms. The first-order valence-corrected chi connectivity index (χ1v) is 7.32. The van der Waals surface area contributed by atoms with E-state index in [1.165, 1.54) is 5.01 Å². The number of carbonyl (C=O) groups excluding carboxylic acids is 1. The molecular formula is C18H22N2O3. The predicted octanol–water partition coefficient (Wildman–Crippen LogP) is 3.10. The molecule has 0 aliphatic carbocycles. The van der Waals surface area contributed by atoms with E-state index in [0.717, 1.165) is 28.3 Å². The standard InChI is InChI=1S/C18H22N2O3/c1-12-10-14(13(2)21)8-9-17(12)23-11-15-16(20(3)19)6-5-7-18(15)22-4/h5-10H,11,19H2,1-4H3. The second kappa shape index (κ2) is 7.15. The molecule has 0 unspecified atom stereocenters. The predicted molar refractivity (Wildman–Crippen MR) is 91.1 cm³/mol. The highest BCUT2D eigenvalue weighted by molar-refractivity contribution is 5.94. The average Bonchev–Trinajstić information content (AvgIpc) is 2.53. The number of carbonyl (C=O) groups is 1. The maximum atomic E-state index is 11.4. The summed E-state index contributed by atoms with van der Waals surface area (Å²) < 4.78 is 11.3. The SMILES string of the molecule is COc1cccc(N(C)N)c1COc1ccc(C(C)=O)cc1C. The Hall–Kier alpha value is -2.53. The molecule has 5 nitrogen and oxygen atoms in total. The molecule has 5 heteroatoms. The molecule has 0 aliphatic rings. The number of benzene rings is 2. The van der Waals surface area contributed by atoms with Gasteiger partial charge in [-0.3, -0.25) is 4.79 Å². The fourth-order valence-electron chi connectivity index (χ4n) is 2.40. The Kier molecular flexibility index (Phi) is 5.24. The summed E-state index contributed by atoms with van der Waals surface area (Å²) in [5.74, 6) is 7.36. The molecule has 0 heterocycles. The highest BCUT2D eigenvalue weighted by Gasteiger charge is 2.13. The van der Waals surface area contributed by atoms with Crippen molar-refractivity contribution in [1.29, 1.82) is 0 Å². The number of hydrogen-bond donors (Lipinski definition) is 1. The van der Waals surface area contributed by atoms with Crippen LogP contribution in [-0.4, -0.2) is 19.9 Å². The second-order valence-corrected chi connectivity index (χ2v) is 5.39. The number of Topliss-reactive ketones (excluding diaryl/α,β-unsaturated/α-hetero) is 1. The zero-order valence-corrected chi connectivity index (χ0v) is 13.9. The number of anilines is 1. The van der Waals surface area contributed by atoms with Crippen LogP contribution in [0.5, 0.6) is 11.5 Å². The Morgan fingerprint density at radius 2 is 1.96 bits per heavy atom. The number of hydrazine groups is 1. The van der Waals surface area contributed by atoms with Gasteiger partial charge in [0.2, 0.25) is 0 Å². The normalized spacial score (nSPS) is 10.3. The van der Waals surface area contributed by atoms with Gasteiger partial charge in [0.25, 0.3) is 0 Å². The lowest BCUT2D eigenvalue weighted by atomic mass is 10.1. The van der Waals surface area contributed by atoms with Crippen molar-refractivity contribution < 1.29 is 14.3 Å². The van der Waals surface area contributed by atoms with Gasteiger partial charge in [0, 0.05) is 12.6 Å². The molecule has 0 spiro atoms. The molecule has 0 aromatic heterocycles. The Morgan fingerprint density at radius 1 is 1.22 bits per heavy atom. The molecule has 0 saturated heterocycles. The lowest BCUT2D eigenvalue weighted by molar-refractivity contribution is 0.101. The van der Waals surface area contributed by atoms with Crippen LogP contribution in [0, 0.1) is 6.92 Å². The summed E-state index contributed by atoms with van der Waals surface area (Å²) >= 11 is 0. The lowest BCUT2D eigenvalue weighted by Crippen LogP contribution is -2.26. The van der Waals surface area contributed by atoms with Gasteiger partial charge in [0.15, 0.2) is 5.78 Å². The summed E-state index contributed by atoms with van der Waals surface area (Å²) in [7, 11) is 3.39. The highest BCUT2D eigenvalue weighted by Crippen LogP contribution is 2.30. The summed E-state index contributed by atoms with van der Waals surface area (Å²) in [4.78, 5) is 11.4. The first-order chi connectivity index (χ1) is 10.9. The molecule has 0 saturated carbocycles. The molecule has 0 amide bonds. The number of rotatable bonds is 6. The average molecular weight is 314 g/mol. The van der Waals surface area contributed by atoms with Gasteiger partial charge in [-0.15, -0.1) is 0 Å². The van der Waals surface area contributed by atoms with Crippen molar-refractivity contribution in [3.63, 3.8) is 0 Å². The molecule has 0 radical (unpaired) electrons. The van der Waals surface area contributed by atoms with Gasteiger partial charge >= 0.3 is 0 Å². The van der Waals surface area contributed by atoms with Crippen LogP contribution in [-0.2, 0) is 6.61 Å². The fraction of sp³-hybridized carbons (Fsp3) is 0.278. The number of ether oxygens (including phenoxy) is 2. The molecule has 2 N–H and O–H groups in total. The van der Waals surface area contributed by atoms with Crippen molar-refractivity contribution in [2.24, 2.45) is 5.84 Å². The molecule has 122 valence electrons. The molecule has 0 fully saturated rings. The van der Waals surface area contributed by atoms with Crippen molar-refractivity contribution in [3.05, 3.63) is 53.1 Å². The largest absolute Gasteiger partial charge is 0.496 e. The summed E-state index contributed by atoms with van der Waals surface area (Å²) in [5.41, 5.74) is 3.29. The number of nitrogens with zero attached hydrogens (tertiary/aromatic N) is 1. The Balaban J connectivity index is 2.26. The van der Waals surface area contributed by atoms with Crippen molar-refractivity contribution in [1.82, 2.24) is 0 Å². The van der Waals surface area contributed by atoms with E-state index in [2.05, 4.69) is 0 Å². The van der Waals surface area contributed by atoms with Crippen LogP contribution in [0.2, 0.25) is 0 Å². The number of ketones is 1. The van der Waals surface area contributed by atoms with Gasteiger partial charge in [-0.1, -0.05) is 6.07 Å². The topological polar surface area (TPSA) is 64.8 Å². The third-order valence-corrected chi connectivity index (χ3v) is 3.66. The van der Waals surface area contributed by atoms with Crippen LogP contribution in [0.3, 0.4) is 0 Å². The van der Waals surface area contributed by atoms with E-state index < -0.39 is 0 Å². The van der Waals surface area contributed by atoms with Crippen molar-refractivity contribution in [2.75, 3.05) is 19.2 Å². The third-order valence-electron chi connectivity index (χ3n) is 3.66. The molecule has 0 atom stereocenters. The summed E-state index contributed by atoms with van der Waals surface area (Å²) in [6, 6.07) is 11.1. The van der Waals surface area contributed by atoms with Crippen LogP contribution >= 0.6 is 0 Å². The Morgan fingerprint density at radius 3 is 2.52 bits per heavy atom. The van der Waals surface area contributed by atoms with Crippen LogP contribution < -0.4 is 20.3 Å². The van der Waals surface area contributed by atoms with Crippen LogP contribution in [0.4, 0.5) is 5.69 Å². The quantitative estimate of drug-likeness (QED) is 0.504. The Labute approximate surface area is 136 Å². The molecule has 2 aromatic rings. The van der Waals surface area contributed by atoms with E-state index in [9.17, 15) is 4.79 Å². The minimum absolute atomic E-state index is 0.0384. The lowest BCUT2D eigenvalue weighted by Gasteiger charge is -2.20. The smallest absolute Gasteiger partial charge is 0.159 e. The summed E-state index contributed by atoms with van der Waals surface area (Å²) in [5, 5.41) is 1.53. The summed E-state index contributed by atoms with van der Waals surface area (Å²) in [6.07, 6.45) is 0. The molecule has 2 rings (SSSR count). The Bertz CT molecular complexity index is 711. The van der Waals surface area contributed by atoms with Gasteiger partial charge in [-0.2, -0.15) is 0 Å². The number of nitrogens with two attached hydrogens (primary N) is 1. The summed E-state index contributed by atoms with van der Waals surface area (Å²) in [6.45, 7) is 3.79. The highest BCUT2D eigenvalue weighted by atomic mass is 16.5. The minimum atomic E-state index is 0.0384. The van der Waals surface area contributed by atoms with E-state index in [1.54, 1.807) is 27.1 Å². The van der Waals surface area contributed by atoms with E-state index in [4.69, 9.17) is 15.3 Å². The monoisotopic (exact) mass is 314 g/mol. The van der Waals surface area contributed by atoms with E-state index >= 15 is 0 Å². The van der Waals surface area contributed by atoms with Crippen LogP contribution in [0.15, 0.2) is 36.4 Å². The van der Waals surface area contributed by atoms with E-state index in [0.29, 0.717) is 12.2 Å². The maximum Gasteiger partial charge on any atom is 0.159 e. The van der Waals surface area contributed by atoms with Crippen molar-refractivity contribution >= 4 is 11.5 Å². The van der Waals surface area contributed by atoms with Gasteiger partial charge in [-0.25, -0.2) is 5.84 Å².